The Labute approximate surface area is 135 Å². The highest BCUT2D eigenvalue weighted by atomic mass is 19.4. The summed E-state index contributed by atoms with van der Waals surface area (Å²) in [6.45, 7) is 2.23. The molecule has 0 aliphatic carbocycles. The number of urea groups is 1. The minimum absolute atomic E-state index is 0.285. The van der Waals surface area contributed by atoms with Gasteiger partial charge in [0.1, 0.15) is 5.69 Å². The number of aromatic nitrogens is 1. The molecule has 5 nitrogen and oxygen atoms in total. The molecule has 0 aliphatic rings. The van der Waals surface area contributed by atoms with Gasteiger partial charge in [0.2, 0.25) is 0 Å². The van der Waals surface area contributed by atoms with Crippen LogP contribution < -0.4 is 16.2 Å². The third-order valence-electron chi connectivity index (χ3n) is 3.42. The van der Waals surface area contributed by atoms with Crippen molar-refractivity contribution in [2.24, 2.45) is 0 Å². The van der Waals surface area contributed by atoms with Crippen molar-refractivity contribution < 1.29 is 18.0 Å². The van der Waals surface area contributed by atoms with Crippen molar-refractivity contribution in [2.75, 3.05) is 11.9 Å². The van der Waals surface area contributed by atoms with E-state index in [4.69, 9.17) is 0 Å². The van der Waals surface area contributed by atoms with E-state index >= 15 is 0 Å². The normalized spacial score (nSPS) is 11.2. The molecule has 0 aliphatic heterocycles. The zero-order chi connectivity index (χ0) is 17.7. The maximum Gasteiger partial charge on any atom is 0.417 e. The van der Waals surface area contributed by atoms with Crippen molar-refractivity contribution >= 4 is 11.7 Å². The number of aromatic amines is 1. The molecular weight excluding hydrogens is 323 g/mol. The van der Waals surface area contributed by atoms with Crippen molar-refractivity contribution in [1.82, 2.24) is 10.3 Å². The summed E-state index contributed by atoms with van der Waals surface area (Å²) in [5.41, 5.74) is -0.184. The number of nitrogens with one attached hydrogen (secondary N) is 3. The molecule has 1 heterocycles. The molecule has 1 aromatic heterocycles. The van der Waals surface area contributed by atoms with Crippen LogP contribution in [-0.2, 0) is 12.6 Å². The Bertz CT molecular complexity index is 785. The van der Waals surface area contributed by atoms with Crippen LogP contribution in [0.3, 0.4) is 0 Å². The lowest BCUT2D eigenvalue weighted by molar-refractivity contribution is -0.137. The van der Waals surface area contributed by atoms with Gasteiger partial charge in [0.25, 0.3) is 5.56 Å². The molecule has 0 radical (unpaired) electrons. The first-order valence-corrected chi connectivity index (χ1v) is 7.16. The highest BCUT2D eigenvalue weighted by molar-refractivity contribution is 5.89. The van der Waals surface area contributed by atoms with E-state index in [1.54, 1.807) is 0 Å². The van der Waals surface area contributed by atoms with Gasteiger partial charge in [-0.3, -0.25) is 4.79 Å². The standard InChI is InChI=1S/C16H16F3N3O2/c1-10-4-2-3-5-11(10)6-7-20-15(24)22-13-8-12(16(17,18)19)9-21-14(13)23/h2-5,8-9H,6-7H2,1H3,(H,21,23)(H2,20,22,24). The summed E-state index contributed by atoms with van der Waals surface area (Å²) in [5.74, 6) is 0. The van der Waals surface area contributed by atoms with Gasteiger partial charge >= 0.3 is 12.2 Å². The maximum atomic E-state index is 12.6. The molecule has 2 amide bonds. The topological polar surface area (TPSA) is 74.0 Å². The van der Waals surface area contributed by atoms with Gasteiger partial charge in [0.05, 0.1) is 5.56 Å². The fourth-order valence-corrected chi connectivity index (χ4v) is 2.11. The lowest BCUT2D eigenvalue weighted by Crippen LogP contribution is -2.32. The third-order valence-corrected chi connectivity index (χ3v) is 3.42. The third kappa shape index (κ3) is 4.61. The molecule has 24 heavy (non-hydrogen) atoms. The van der Waals surface area contributed by atoms with Gasteiger partial charge in [0.15, 0.2) is 0 Å². The summed E-state index contributed by atoms with van der Waals surface area (Å²) in [7, 11) is 0. The average Bonchev–Trinajstić information content (AvgIpc) is 2.50. The van der Waals surface area contributed by atoms with E-state index in [0.717, 1.165) is 11.1 Å². The van der Waals surface area contributed by atoms with E-state index in [9.17, 15) is 22.8 Å². The molecule has 0 saturated heterocycles. The van der Waals surface area contributed by atoms with Crippen molar-refractivity contribution in [3.8, 4) is 0 Å². The van der Waals surface area contributed by atoms with Crippen LogP contribution in [0.25, 0.3) is 0 Å². The lowest BCUT2D eigenvalue weighted by atomic mass is 10.1. The molecule has 8 heteroatoms. The number of benzene rings is 1. The Kier molecular flexibility index (Phi) is 5.28. The number of alkyl halides is 3. The molecule has 0 saturated carbocycles. The van der Waals surface area contributed by atoms with Gasteiger partial charge in [-0.25, -0.2) is 4.79 Å². The molecule has 0 fully saturated rings. The minimum Gasteiger partial charge on any atom is -0.338 e. The van der Waals surface area contributed by atoms with Crippen LogP contribution in [-0.4, -0.2) is 17.6 Å². The van der Waals surface area contributed by atoms with Gasteiger partial charge in [-0.15, -0.1) is 0 Å². The molecule has 0 spiro atoms. The number of carbonyl (C=O) groups excluding carboxylic acids is 1. The Morgan fingerprint density at radius 3 is 2.62 bits per heavy atom. The predicted octanol–water partition coefficient (Wildman–Crippen LogP) is 3.07. The monoisotopic (exact) mass is 339 g/mol. The average molecular weight is 339 g/mol. The summed E-state index contributed by atoms with van der Waals surface area (Å²) in [6, 6.07) is 7.50. The van der Waals surface area contributed by atoms with E-state index in [1.807, 2.05) is 36.2 Å². The number of amides is 2. The number of hydrogen-bond acceptors (Lipinski definition) is 2. The molecule has 1 aromatic carbocycles. The van der Waals surface area contributed by atoms with E-state index in [-0.39, 0.29) is 6.54 Å². The first-order chi connectivity index (χ1) is 11.3. The van der Waals surface area contributed by atoms with Crippen LogP contribution in [0, 0.1) is 6.92 Å². The molecule has 2 aromatic rings. The largest absolute Gasteiger partial charge is 0.417 e. The van der Waals surface area contributed by atoms with E-state index < -0.39 is 29.0 Å². The summed E-state index contributed by atoms with van der Waals surface area (Å²) >= 11 is 0. The van der Waals surface area contributed by atoms with E-state index in [2.05, 4.69) is 10.6 Å². The SMILES string of the molecule is Cc1ccccc1CCNC(=O)Nc1cc(C(F)(F)F)c[nH]c1=O. The maximum absolute atomic E-state index is 12.6. The highest BCUT2D eigenvalue weighted by Crippen LogP contribution is 2.29. The number of pyridine rings is 1. The van der Waals surface area contributed by atoms with Gasteiger partial charge in [0, 0.05) is 12.7 Å². The quantitative estimate of drug-likeness (QED) is 0.801. The van der Waals surface area contributed by atoms with Crippen LogP contribution in [0.2, 0.25) is 0 Å². The van der Waals surface area contributed by atoms with Crippen LogP contribution in [0.5, 0.6) is 0 Å². The molecule has 0 bridgehead atoms. The number of carbonyl (C=O) groups is 1. The fourth-order valence-electron chi connectivity index (χ4n) is 2.11. The molecule has 0 atom stereocenters. The summed E-state index contributed by atoms with van der Waals surface area (Å²) < 4.78 is 37.8. The van der Waals surface area contributed by atoms with Crippen LogP contribution in [0.15, 0.2) is 41.3 Å². The van der Waals surface area contributed by atoms with Crippen LogP contribution in [0.1, 0.15) is 16.7 Å². The smallest absolute Gasteiger partial charge is 0.338 e. The van der Waals surface area contributed by atoms with E-state index in [0.29, 0.717) is 18.7 Å². The minimum atomic E-state index is -4.61. The van der Waals surface area contributed by atoms with Gasteiger partial charge in [-0.2, -0.15) is 13.2 Å². The number of anilines is 1. The second kappa shape index (κ2) is 7.20. The van der Waals surface area contributed by atoms with Crippen molar-refractivity contribution in [3.05, 3.63) is 63.6 Å². The zero-order valence-corrected chi connectivity index (χ0v) is 12.8. The number of H-pyrrole nitrogens is 1. The first kappa shape index (κ1) is 17.6. The highest BCUT2D eigenvalue weighted by Gasteiger charge is 2.31. The molecule has 0 unspecified atom stereocenters. The van der Waals surface area contributed by atoms with Crippen LogP contribution >= 0.6 is 0 Å². The zero-order valence-electron chi connectivity index (χ0n) is 12.8. The first-order valence-electron chi connectivity index (χ1n) is 7.16. The summed E-state index contributed by atoms with van der Waals surface area (Å²) in [4.78, 5) is 25.2. The molecular formula is C16H16F3N3O2. The van der Waals surface area contributed by atoms with Crippen molar-refractivity contribution in [2.45, 2.75) is 19.5 Å². The lowest BCUT2D eigenvalue weighted by Gasteiger charge is -2.10. The Balaban J connectivity index is 1.95. The molecule has 2 rings (SSSR count). The molecule has 3 N–H and O–H groups in total. The second-order valence-corrected chi connectivity index (χ2v) is 5.19. The van der Waals surface area contributed by atoms with E-state index in [1.165, 1.54) is 0 Å². The van der Waals surface area contributed by atoms with Gasteiger partial charge in [-0.1, -0.05) is 24.3 Å². The number of rotatable bonds is 4. The van der Waals surface area contributed by atoms with Crippen molar-refractivity contribution in [3.63, 3.8) is 0 Å². The Hall–Kier alpha value is -2.77. The predicted molar refractivity (Wildman–Crippen MR) is 84.0 cm³/mol. The number of hydrogen-bond donors (Lipinski definition) is 3. The van der Waals surface area contributed by atoms with Crippen LogP contribution in [0.4, 0.5) is 23.7 Å². The Morgan fingerprint density at radius 1 is 1.25 bits per heavy atom. The number of halogens is 3. The number of aryl methyl sites for hydroxylation is 1. The summed E-state index contributed by atoms with van der Waals surface area (Å²) in [6.07, 6.45) is -3.48. The fraction of sp³-hybridized carbons (Fsp3) is 0.250. The molecule has 128 valence electrons. The van der Waals surface area contributed by atoms with Crippen molar-refractivity contribution in [1.29, 1.82) is 0 Å². The second-order valence-electron chi connectivity index (χ2n) is 5.19. The summed E-state index contributed by atoms with van der Waals surface area (Å²) in [5, 5.41) is 4.64. The van der Waals surface area contributed by atoms with Gasteiger partial charge in [-0.05, 0) is 30.5 Å². The Morgan fingerprint density at radius 2 is 1.96 bits per heavy atom. The van der Waals surface area contributed by atoms with Gasteiger partial charge < -0.3 is 15.6 Å².